The van der Waals surface area contributed by atoms with Gasteiger partial charge in [0.05, 0.1) is 0 Å². The number of benzene rings is 1. The Balaban J connectivity index is 2.08. The van der Waals surface area contributed by atoms with Crippen LogP contribution in [-0.2, 0) is 4.79 Å². The van der Waals surface area contributed by atoms with Crippen LogP contribution in [0.4, 0.5) is 11.8 Å². The van der Waals surface area contributed by atoms with E-state index in [4.69, 9.17) is 4.98 Å². The lowest BCUT2D eigenvalue weighted by molar-refractivity contribution is -0.121. The van der Waals surface area contributed by atoms with Crippen molar-refractivity contribution in [2.75, 3.05) is 43.0 Å². The summed E-state index contributed by atoms with van der Waals surface area (Å²) in [5, 5.41) is 3.34. The fraction of sp³-hybridized carbons (Fsp3) is 0.450. The fourth-order valence-corrected chi connectivity index (χ4v) is 3.19. The zero-order valence-corrected chi connectivity index (χ0v) is 16.0. The first-order chi connectivity index (χ1) is 12.5. The monoisotopic (exact) mass is 353 g/mol. The summed E-state index contributed by atoms with van der Waals surface area (Å²) in [5.41, 5.74) is 3.08. The van der Waals surface area contributed by atoms with Gasteiger partial charge >= 0.3 is 0 Å². The van der Waals surface area contributed by atoms with E-state index in [1.807, 2.05) is 32.2 Å². The lowest BCUT2D eigenvalue weighted by Crippen LogP contribution is -2.44. The largest absolute Gasteiger partial charge is 0.338 e. The van der Waals surface area contributed by atoms with Crippen molar-refractivity contribution in [2.45, 2.75) is 20.8 Å². The van der Waals surface area contributed by atoms with Crippen LogP contribution in [0.2, 0.25) is 0 Å². The second kappa shape index (κ2) is 7.83. The van der Waals surface area contributed by atoms with Gasteiger partial charge in [0.1, 0.15) is 5.82 Å². The average Bonchev–Trinajstić information content (AvgIpc) is 2.67. The second-order valence-corrected chi connectivity index (χ2v) is 7.01. The van der Waals surface area contributed by atoms with Crippen molar-refractivity contribution in [2.24, 2.45) is 5.92 Å². The predicted molar refractivity (Wildman–Crippen MR) is 106 cm³/mol. The number of carbonyl (C=O) groups is 1. The molecule has 2 heterocycles. The van der Waals surface area contributed by atoms with E-state index >= 15 is 0 Å². The summed E-state index contributed by atoms with van der Waals surface area (Å²) in [6.45, 7) is 9.44. The Bertz CT molecular complexity index is 784. The lowest BCUT2D eigenvalue weighted by atomic mass is 10.0. The smallest absolute Gasteiger partial charge is 0.230 e. The Hall–Kier alpha value is -2.47. The van der Waals surface area contributed by atoms with Crippen LogP contribution in [0.25, 0.3) is 11.1 Å². The van der Waals surface area contributed by atoms with Crippen LogP contribution in [0, 0.1) is 12.8 Å². The standard InChI is InChI=1S/C20H27N5O/c1-14(2)19(26)24(4)18-17(16-8-6-5-7-15(16)3)13-22-20(23-18)25-11-9-21-10-12-25/h5-8,13-14,21H,9-12H2,1-4H3. The maximum Gasteiger partial charge on any atom is 0.230 e. The molecule has 1 aromatic carbocycles. The van der Waals surface area contributed by atoms with Crippen LogP contribution >= 0.6 is 0 Å². The molecule has 6 heteroatoms. The molecule has 0 saturated carbocycles. The van der Waals surface area contributed by atoms with Gasteiger partial charge in [0.25, 0.3) is 0 Å². The van der Waals surface area contributed by atoms with Gasteiger partial charge in [-0.1, -0.05) is 38.1 Å². The quantitative estimate of drug-likeness (QED) is 0.915. The summed E-state index contributed by atoms with van der Waals surface area (Å²) in [5.74, 6) is 1.30. The second-order valence-electron chi connectivity index (χ2n) is 7.01. The highest BCUT2D eigenvalue weighted by atomic mass is 16.2. The van der Waals surface area contributed by atoms with Crippen LogP contribution in [0.3, 0.4) is 0 Å². The number of nitrogens with zero attached hydrogens (tertiary/aromatic N) is 4. The Morgan fingerprint density at radius 2 is 1.88 bits per heavy atom. The van der Waals surface area contributed by atoms with Crippen LogP contribution in [0.15, 0.2) is 30.5 Å². The Morgan fingerprint density at radius 1 is 1.19 bits per heavy atom. The summed E-state index contributed by atoms with van der Waals surface area (Å²) < 4.78 is 0. The van der Waals surface area contributed by atoms with E-state index in [9.17, 15) is 4.79 Å². The number of amides is 1. The Kier molecular flexibility index (Phi) is 5.52. The lowest BCUT2D eigenvalue weighted by Gasteiger charge is -2.29. The number of aromatic nitrogens is 2. The maximum atomic E-state index is 12.6. The zero-order valence-electron chi connectivity index (χ0n) is 16.0. The normalized spacial score (nSPS) is 14.6. The molecule has 26 heavy (non-hydrogen) atoms. The molecule has 1 saturated heterocycles. The minimum Gasteiger partial charge on any atom is -0.338 e. The molecule has 0 aliphatic carbocycles. The summed E-state index contributed by atoms with van der Waals surface area (Å²) in [4.78, 5) is 25.9. The molecule has 0 spiro atoms. The molecule has 1 N–H and O–H groups in total. The number of anilines is 2. The Labute approximate surface area is 155 Å². The topological polar surface area (TPSA) is 61.4 Å². The van der Waals surface area contributed by atoms with Crippen molar-refractivity contribution in [3.63, 3.8) is 0 Å². The molecular weight excluding hydrogens is 326 g/mol. The molecule has 0 unspecified atom stereocenters. The van der Waals surface area contributed by atoms with Crippen molar-refractivity contribution in [1.82, 2.24) is 15.3 Å². The third-order valence-corrected chi connectivity index (χ3v) is 4.73. The molecule has 1 aliphatic heterocycles. The van der Waals surface area contributed by atoms with Gasteiger partial charge < -0.3 is 10.2 Å². The molecule has 138 valence electrons. The zero-order chi connectivity index (χ0) is 18.7. The summed E-state index contributed by atoms with van der Waals surface area (Å²) >= 11 is 0. The van der Waals surface area contributed by atoms with E-state index in [1.165, 1.54) is 0 Å². The van der Waals surface area contributed by atoms with Gasteiger partial charge in [0.15, 0.2) is 0 Å². The molecule has 6 nitrogen and oxygen atoms in total. The highest BCUT2D eigenvalue weighted by Gasteiger charge is 2.23. The van der Waals surface area contributed by atoms with Crippen molar-refractivity contribution < 1.29 is 4.79 Å². The van der Waals surface area contributed by atoms with Crippen molar-refractivity contribution in [1.29, 1.82) is 0 Å². The highest BCUT2D eigenvalue weighted by Crippen LogP contribution is 2.32. The van der Waals surface area contributed by atoms with E-state index in [2.05, 4.69) is 34.3 Å². The van der Waals surface area contributed by atoms with Crippen LogP contribution < -0.4 is 15.1 Å². The van der Waals surface area contributed by atoms with Crippen LogP contribution in [0.1, 0.15) is 19.4 Å². The molecule has 1 aromatic heterocycles. The van der Waals surface area contributed by atoms with Crippen molar-refractivity contribution in [3.8, 4) is 11.1 Å². The van der Waals surface area contributed by atoms with E-state index in [0.717, 1.165) is 42.9 Å². The van der Waals surface area contributed by atoms with Gasteiger partial charge in [-0.05, 0) is 18.1 Å². The SMILES string of the molecule is Cc1ccccc1-c1cnc(N2CCNCC2)nc1N(C)C(=O)C(C)C. The average molecular weight is 353 g/mol. The molecule has 0 atom stereocenters. The highest BCUT2D eigenvalue weighted by molar-refractivity contribution is 5.97. The molecule has 3 rings (SSSR count). The number of carbonyl (C=O) groups excluding carboxylic acids is 1. The maximum absolute atomic E-state index is 12.6. The molecule has 0 bridgehead atoms. The van der Waals surface area contributed by atoms with Gasteiger partial charge in [-0.3, -0.25) is 9.69 Å². The first kappa shape index (κ1) is 18.3. The number of nitrogens with one attached hydrogen (secondary N) is 1. The molecular formula is C20H27N5O. The summed E-state index contributed by atoms with van der Waals surface area (Å²) in [6.07, 6.45) is 1.85. The third-order valence-electron chi connectivity index (χ3n) is 4.73. The number of aryl methyl sites for hydroxylation is 1. The molecule has 2 aromatic rings. The molecule has 1 fully saturated rings. The van der Waals surface area contributed by atoms with Gasteiger partial charge in [0.2, 0.25) is 11.9 Å². The minimum atomic E-state index is -0.0951. The van der Waals surface area contributed by atoms with E-state index in [-0.39, 0.29) is 11.8 Å². The molecule has 0 radical (unpaired) electrons. The summed E-state index contributed by atoms with van der Waals surface area (Å²) in [7, 11) is 1.80. The van der Waals surface area contributed by atoms with Gasteiger partial charge in [-0.15, -0.1) is 0 Å². The molecule has 1 amide bonds. The van der Waals surface area contributed by atoms with E-state index < -0.39 is 0 Å². The van der Waals surface area contributed by atoms with Crippen molar-refractivity contribution >= 4 is 17.7 Å². The fourth-order valence-electron chi connectivity index (χ4n) is 3.19. The number of piperazine rings is 1. The number of rotatable bonds is 4. The Morgan fingerprint density at radius 3 is 2.54 bits per heavy atom. The number of hydrogen-bond acceptors (Lipinski definition) is 5. The molecule has 1 aliphatic rings. The van der Waals surface area contributed by atoms with Gasteiger partial charge in [0, 0.05) is 50.9 Å². The van der Waals surface area contributed by atoms with E-state index in [0.29, 0.717) is 11.8 Å². The minimum absolute atomic E-state index is 0.0461. The number of hydrogen-bond donors (Lipinski definition) is 1. The van der Waals surface area contributed by atoms with E-state index in [1.54, 1.807) is 11.9 Å². The van der Waals surface area contributed by atoms with Crippen LogP contribution in [-0.4, -0.2) is 49.1 Å². The van der Waals surface area contributed by atoms with Gasteiger partial charge in [-0.2, -0.15) is 4.98 Å². The van der Waals surface area contributed by atoms with Crippen LogP contribution in [0.5, 0.6) is 0 Å². The first-order valence-corrected chi connectivity index (χ1v) is 9.15. The first-order valence-electron chi connectivity index (χ1n) is 9.15. The summed E-state index contributed by atoms with van der Waals surface area (Å²) in [6, 6.07) is 8.13. The van der Waals surface area contributed by atoms with Gasteiger partial charge in [-0.25, -0.2) is 4.98 Å². The van der Waals surface area contributed by atoms with Crippen molar-refractivity contribution in [3.05, 3.63) is 36.0 Å². The third kappa shape index (κ3) is 3.70. The predicted octanol–water partition coefficient (Wildman–Crippen LogP) is 2.48.